The third-order valence-corrected chi connectivity index (χ3v) is 4.51. The lowest BCUT2D eigenvalue weighted by atomic mass is 9.91. The van der Waals surface area contributed by atoms with Gasteiger partial charge in [-0.3, -0.25) is 0 Å². The Labute approximate surface area is 123 Å². The van der Waals surface area contributed by atoms with Gasteiger partial charge in [-0.25, -0.2) is 0 Å². The van der Waals surface area contributed by atoms with Crippen LogP contribution in [0.25, 0.3) is 0 Å². The van der Waals surface area contributed by atoms with E-state index in [-0.39, 0.29) is 6.10 Å². The van der Waals surface area contributed by atoms with E-state index in [1.807, 2.05) is 12.1 Å². The maximum atomic E-state index is 10.2. The summed E-state index contributed by atoms with van der Waals surface area (Å²) in [6.07, 6.45) is 10.8. The number of rotatable bonds is 6. The molecule has 1 fully saturated rings. The zero-order valence-electron chi connectivity index (χ0n) is 12.7. The zero-order valence-corrected chi connectivity index (χ0v) is 12.7. The van der Waals surface area contributed by atoms with Gasteiger partial charge in [-0.2, -0.15) is 0 Å². The quantitative estimate of drug-likeness (QED) is 0.783. The van der Waals surface area contributed by atoms with E-state index in [4.69, 9.17) is 4.74 Å². The molecular weight excluding hydrogens is 248 g/mol. The van der Waals surface area contributed by atoms with Crippen molar-refractivity contribution in [1.82, 2.24) is 0 Å². The molecule has 0 heterocycles. The lowest BCUT2D eigenvalue weighted by Gasteiger charge is -2.18. The minimum absolute atomic E-state index is 0.139. The van der Waals surface area contributed by atoms with E-state index in [1.54, 1.807) is 7.11 Å². The molecule has 2 rings (SSSR count). The van der Waals surface area contributed by atoms with Crippen LogP contribution in [0.15, 0.2) is 24.3 Å². The van der Waals surface area contributed by atoms with E-state index in [1.165, 1.54) is 44.1 Å². The highest BCUT2D eigenvalue weighted by Crippen LogP contribution is 2.27. The highest BCUT2D eigenvalue weighted by Gasteiger charge is 2.16. The molecule has 0 saturated heterocycles. The maximum absolute atomic E-state index is 10.2. The molecule has 1 aromatic carbocycles. The number of benzene rings is 1. The van der Waals surface area contributed by atoms with E-state index in [9.17, 15) is 5.11 Å². The van der Waals surface area contributed by atoms with Gasteiger partial charge >= 0.3 is 0 Å². The lowest BCUT2D eigenvalue weighted by molar-refractivity contribution is 0.129. The molecule has 0 aliphatic heterocycles. The maximum Gasteiger partial charge on any atom is 0.118 e. The van der Waals surface area contributed by atoms with Crippen molar-refractivity contribution in [3.05, 3.63) is 29.8 Å². The van der Waals surface area contributed by atoms with E-state index >= 15 is 0 Å². The van der Waals surface area contributed by atoms with Crippen LogP contribution in [0.5, 0.6) is 5.75 Å². The Kier molecular flexibility index (Phi) is 6.38. The summed E-state index contributed by atoms with van der Waals surface area (Å²) in [6, 6.07) is 8.18. The smallest absolute Gasteiger partial charge is 0.118 e. The largest absolute Gasteiger partial charge is 0.497 e. The Hall–Kier alpha value is -1.02. The first-order valence-electron chi connectivity index (χ1n) is 8.09. The molecule has 1 unspecified atom stereocenters. The molecule has 0 bridgehead atoms. The third kappa shape index (κ3) is 5.16. The van der Waals surface area contributed by atoms with Crippen LogP contribution >= 0.6 is 0 Å². The Balaban J connectivity index is 1.71. The first-order valence-corrected chi connectivity index (χ1v) is 8.09. The molecule has 1 aliphatic carbocycles. The van der Waals surface area contributed by atoms with Gasteiger partial charge in [0.25, 0.3) is 0 Å². The van der Waals surface area contributed by atoms with Gasteiger partial charge in [-0.1, -0.05) is 50.7 Å². The SMILES string of the molecule is COc1ccc(CCC(O)CC2CCCCCC2)cc1. The van der Waals surface area contributed by atoms with E-state index < -0.39 is 0 Å². The van der Waals surface area contributed by atoms with Gasteiger partial charge in [-0.05, 0) is 42.9 Å². The first-order chi connectivity index (χ1) is 9.78. The van der Waals surface area contributed by atoms with Crippen LogP contribution in [0, 0.1) is 5.92 Å². The van der Waals surface area contributed by atoms with Crippen LogP contribution in [0.1, 0.15) is 56.9 Å². The minimum Gasteiger partial charge on any atom is -0.497 e. The predicted octanol–water partition coefficient (Wildman–Crippen LogP) is 4.35. The van der Waals surface area contributed by atoms with E-state index in [0.29, 0.717) is 0 Å². The number of aliphatic hydroxyl groups is 1. The second-order valence-electron chi connectivity index (χ2n) is 6.13. The number of hydrogen-bond acceptors (Lipinski definition) is 2. The Morgan fingerprint density at radius 2 is 1.75 bits per heavy atom. The summed E-state index contributed by atoms with van der Waals surface area (Å²) in [5, 5.41) is 10.2. The van der Waals surface area contributed by atoms with Gasteiger partial charge in [-0.15, -0.1) is 0 Å². The molecule has 2 nitrogen and oxygen atoms in total. The number of hydrogen-bond donors (Lipinski definition) is 1. The average Bonchev–Trinajstić information content (AvgIpc) is 2.74. The normalized spacial score (nSPS) is 18.5. The van der Waals surface area contributed by atoms with Gasteiger partial charge in [0, 0.05) is 0 Å². The molecule has 0 spiro atoms. The van der Waals surface area contributed by atoms with Crippen molar-refractivity contribution < 1.29 is 9.84 Å². The van der Waals surface area contributed by atoms with Crippen molar-refractivity contribution in [2.45, 2.75) is 63.9 Å². The van der Waals surface area contributed by atoms with Gasteiger partial charge in [0.2, 0.25) is 0 Å². The summed E-state index contributed by atoms with van der Waals surface area (Å²) in [5.74, 6) is 1.65. The summed E-state index contributed by atoms with van der Waals surface area (Å²) >= 11 is 0. The summed E-state index contributed by atoms with van der Waals surface area (Å²) in [7, 11) is 1.69. The first kappa shape index (κ1) is 15.4. The van der Waals surface area contributed by atoms with E-state index in [2.05, 4.69) is 12.1 Å². The fourth-order valence-electron chi connectivity index (χ4n) is 3.23. The monoisotopic (exact) mass is 276 g/mol. The Morgan fingerprint density at radius 3 is 2.35 bits per heavy atom. The van der Waals surface area contributed by atoms with Crippen LogP contribution in [0.3, 0.4) is 0 Å². The van der Waals surface area contributed by atoms with Crippen molar-refractivity contribution in [2.24, 2.45) is 5.92 Å². The Bertz CT molecular complexity index is 364. The fraction of sp³-hybridized carbons (Fsp3) is 0.667. The molecule has 2 heteroatoms. The van der Waals surface area contributed by atoms with Crippen LogP contribution in [-0.2, 0) is 6.42 Å². The van der Waals surface area contributed by atoms with Crippen LogP contribution in [-0.4, -0.2) is 18.3 Å². The predicted molar refractivity (Wildman–Crippen MR) is 83.1 cm³/mol. The van der Waals surface area contributed by atoms with Crippen LogP contribution in [0.2, 0.25) is 0 Å². The molecule has 1 atom stereocenters. The summed E-state index contributed by atoms with van der Waals surface area (Å²) in [6.45, 7) is 0. The Morgan fingerprint density at radius 1 is 1.10 bits per heavy atom. The molecule has 0 aromatic heterocycles. The standard InChI is InChI=1S/C18H28O2/c1-20-18-12-9-15(10-13-18)8-11-17(19)14-16-6-4-2-3-5-7-16/h9-10,12-13,16-17,19H,2-8,11,14H2,1H3. The summed E-state index contributed by atoms with van der Waals surface area (Å²) in [5.41, 5.74) is 1.28. The number of aryl methyl sites for hydroxylation is 1. The average molecular weight is 276 g/mol. The number of methoxy groups -OCH3 is 1. The van der Waals surface area contributed by atoms with Crippen molar-refractivity contribution in [3.63, 3.8) is 0 Å². The van der Waals surface area contributed by atoms with Crippen molar-refractivity contribution in [2.75, 3.05) is 7.11 Å². The third-order valence-electron chi connectivity index (χ3n) is 4.51. The fourth-order valence-corrected chi connectivity index (χ4v) is 3.23. The van der Waals surface area contributed by atoms with Gasteiger partial charge in [0.15, 0.2) is 0 Å². The molecular formula is C18H28O2. The molecule has 112 valence electrons. The highest BCUT2D eigenvalue weighted by atomic mass is 16.5. The number of ether oxygens (including phenoxy) is 1. The second-order valence-corrected chi connectivity index (χ2v) is 6.13. The van der Waals surface area contributed by atoms with Gasteiger partial charge < -0.3 is 9.84 Å². The highest BCUT2D eigenvalue weighted by molar-refractivity contribution is 5.27. The van der Waals surface area contributed by atoms with Crippen molar-refractivity contribution in [1.29, 1.82) is 0 Å². The van der Waals surface area contributed by atoms with Gasteiger partial charge in [0.05, 0.1) is 13.2 Å². The van der Waals surface area contributed by atoms with Crippen LogP contribution < -0.4 is 4.74 Å². The molecule has 1 aromatic rings. The molecule has 1 aliphatic rings. The topological polar surface area (TPSA) is 29.5 Å². The molecule has 1 N–H and O–H groups in total. The zero-order chi connectivity index (χ0) is 14.2. The summed E-state index contributed by atoms with van der Waals surface area (Å²) < 4.78 is 5.16. The lowest BCUT2D eigenvalue weighted by Crippen LogP contribution is -2.14. The number of aliphatic hydroxyl groups excluding tert-OH is 1. The van der Waals surface area contributed by atoms with Crippen molar-refractivity contribution >= 4 is 0 Å². The van der Waals surface area contributed by atoms with Crippen molar-refractivity contribution in [3.8, 4) is 5.75 Å². The summed E-state index contributed by atoms with van der Waals surface area (Å²) in [4.78, 5) is 0. The van der Waals surface area contributed by atoms with E-state index in [0.717, 1.165) is 30.9 Å². The molecule has 1 saturated carbocycles. The van der Waals surface area contributed by atoms with Gasteiger partial charge in [0.1, 0.15) is 5.75 Å². The molecule has 0 amide bonds. The molecule has 20 heavy (non-hydrogen) atoms. The van der Waals surface area contributed by atoms with Crippen LogP contribution in [0.4, 0.5) is 0 Å². The minimum atomic E-state index is -0.139. The second kappa shape index (κ2) is 8.31. The molecule has 0 radical (unpaired) electrons.